The Bertz CT molecular complexity index is 688. The Morgan fingerprint density at radius 2 is 1.89 bits per heavy atom. The van der Waals surface area contributed by atoms with E-state index in [1.165, 1.54) is 0 Å². The van der Waals surface area contributed by atoms with Crippen molar-refractivity contribution in [1.29, 1.82) is 0 Å². The normalized spacial score (nSPS) is 34.8. The molecule has 1 saturated carbocycles. The Morgan fingerprint density at radius 3 is 2.54 bits per heavy atom. The highest BCUT2D eigenvalue weighted by Crippen LogP contribution is 2.54. The molecule has 0 aromatic heterocycles. The van der Waals surface area contributed by atoms with Crippen LogP contribution in [-0.4, -0.2) is 76.0 Å². The summed E-state index contributed by atoms with van der Waals surface area (Å²) in [5.74, 6) is 0.124. The third-order valence-corrected chi connectivity index (χ3v) is 7.08. The Balaban J connectivity index is 1.56. The van der Waals surface area contributed by atoms with Crippen molar-refractivity contribution in [2.45, 2.75) is 89.9 Å². The number of carbonyl (C=O) groups excluding carboxylic acids is 3. The molecule has 3 amide bonds. The van der Waals surface area contributed by atoms with Gasteiger partial charge in [0, 0.05) is 37.0 Å². The monoisotopic (exact) mass is 391 g/mol. The molecule has 3 heterocycles. The summed E-state index contributed by atoms with van der Waals surface area (Å²) in [6.45, 7) is 9.29. The number of ether oxygens (including phenoxy) is 1. The smallest absolute Gasteiger partial charge is 0.410 e. The summed E-state index contributed by atoms with van der Waals surface area (Å²) in [7, 11) is 0. The van der Waals surface area contributed by atoms with Gasteiger partial charge in [0.15, 0.2) is 0 Å². The molecule has 7 nitrogen and oxygen atoms in total. The van der Waals surface area contributed by atoms with Crippen LogP contribution in [0.4, 0.5) is 4.79 Å². The van der Waals surface area contributed by atoms with Crippen LogP contribution >= 0.6 is 0 Å². The SMILES string of the molecule is CC(C)(C)OC(=O)N1C[C@@H]2C[C@@]3(C)[C@H](CCC[C@@H]13)N2C(=O)CN1CCCC1=O. The van der Waals surface area contributed by atoms with Gasteiger partial charge in [-0.2, -0.15) is 0 Å². The van der Waals surface area contributed by atoms with Crippen LogP contribution in [-0.2, 0) is 14.3 Å². The van der Waals surface area contributed by atoms with E-state index >= 15 is 0 Å². The molecular formula is C21H33N3O4. The molecule has 4 fully saturated rings. The average Bonchev–Trinajstić information content (AvgIpc) is 3.11. The molecule has 0 spiro atoms. The lowest BCUT2D eigenvalue weighted by Crippen LogP contribution is -2.58. The first kappa shape index (κ1) is 19.5. The van der Waals surface area contributed by atoms with Crippen LogP contribution < -0.4 is 0 Å². The lowest BCUT2D eigenvalue weighted by atomic mass is 9.66. The molecule has 1 aliphatic carbocycles. The molecule has 3 aliphatic heterocycles. The van der Waals surface area contributed by atoms with Crippen LogP contribution in [0.2, 0.25) is 0 Å². The van der Waals surface area contributed by atoms with Crippen LogP contribution in [0.5, 0.6) is 0 Å². The fraction of sp³-hybridized carbons (Fsp3) is 0.857. The van der Waals surface area contributed by atoms with Crippen LogP contribution in [0.25, 0.3) is 0 Å². The van der Waals surface area contributed by atoms with E-state index in [1.807, 2.05) is 30.6 Å². The van der Waals surface area contributed by atoms with Crippen LogP contribution in [0.15, 0.2) is 0 Å². The quantitative estimate of drug-likeness (QED) is 0.725. The highest BCUT2D eigenvalue weighted by Gasteiger charge is 2.62. The number of piperidine rings is 1. The average molecular weight is 392 g/mol. The third kappa shape index (κ3) is 3.16. The zero-order valence-corrected chi connectivity index (χ0v) is 17.6. The molecule has 0 unspecified atom stereocenters. The highest BCUT2D eigenvalue weighted by atomic mass is 16.6. The molecular weight excluding hydrogens is 358 g/mol. The van der Waals surface area contributed by atoms with Gasteiger partial charge in [-0.05, 0) is 52.9 Å². The first-order valence-electron chi connectivity index (χ1n) is 10.7. The van der Waals surface area contributed by atoms with Gasteiger partial charge in [0.05, 0.1) is 12.6 Å². The maximum atomic E-state index is 13.2. The molecule has 0 N–H and O–H groups in total. The molecule has 0 aromatic carbocycles. The summed E-state index contributed by atoms with van der Waals surface area (Å²) in [6, 6.07) is 0.277. The Labute approximate surface area is 167 Å². The summed E-state index contributed by atoms with van der Waals surface area (Å²) in [4.78, 5) is 43.8. The summed E-state index contributed by atoms with van der Waals surface area (Å²) >= 11 is 0. The van der Waals surface area contributed by atoms with Crippen molar-refractivity contribution < 1.29 is 19.1 Å². The number of fused-ring (bicyclic) bond motifs is 1. The van der Waals surface area contributed by atoms with Crippen LogP contribution in [0.1, 0.15) is 66.2 Å². The van der Waals surface area contributed by atoms with Crippen LogP contribution in [0, 0.1) is 5.41 Å². The summed E-state index contributed by atoms with van der Waals surface area (Å²) in [5, 5.41) is 0. The number of rotatable bonds is 2. The van der Waals surface area contributed by atoms with Crippen molar-refractivity contribution in [3.05, 3.63) is 0 Å². The molecule has 4 atom stereocenters. The van der Waals surface area contributed by atoms with E-state index in [2.05, 4.69) is 6.92 Å². The van der Waals surface area contributed by atoms with E-state index in [0.29, 0.717) is 19.5 Å². The van der Waals surface area contributed by atoms with Crippen molar-refractivity contribution in [2.75, 3.05) is 19.6 Å². The summed E-state index contributed by atoms with van der Waals surface area (Å²) < 4.78 is 5.69. The molecule has 0 aromatic rings. The number of likely N-dealkylation sites (tertiary alicyclic amines) is 3. The summed E-state index contributed by atoms with van der Waals surface area (Å²) in [6.07, 6.45) is 5.00. The van der Waals surface area contributed by atoms with Crippen molar-refractivity contribution in [1.82, 2.24) is 14.7 Å². The molecule has 3 saturated heterocycles. The molecule has 0 radical (unpaired) electrons. The first-order chi connectivity index (χ1) is 13.1. The molecule has 156 valence electrons. The van der Waals surface area contributed by atoms with Gasteiger partial charge in [0.1, 0.15) is 5.60 Å². The fourth-order valence-corrected chi connectivity index (χ4v) is 6.01. The first-order valence-corrected chi connectivity index (χ1v) is 10.7. The van der Waals surface area contributed by atoms with Crippen LogP contribution in [0.3, 0.4) is 0 Å². The van der Waals surface area contributed by atoms with E-state index in [-0.39, 0.29) is 48.0 Å². The second-order valence-electron chi connectivity index (χ2n) is 10.2. The molecule has 7 heteroatoms. The lowest BCUT2D eigenvalue weighted by Gasteiger charge is -2.49. The molecule has 4 aliphatic rings. The zero-order valence-electron chi connectivity index (χ0n) is 17.6. The standard InChI is InChI=1S/C21H33N3O4/c1-20(2,3)28-19(27)23-12-14-11-21(4)15(23)7-5-8-16(21)24(14)18(26)13-22-10-6-9-17(22)25/h14-16H,5-13H2,1-4H3/t14-,15+,16-,21+/m0/s1. The minimum Gasteiger partial charge on any atom is -0.444 e. The number of carbonyl (C=O) groups is 3. The second kappa shape index (κ2) is 6.63. The van der Waals surface area contributed by atoms with Gasteiger partial charge in [0.25, 0.3) is 0 Å². The van der Waals surface area contributed by atoms with Gasteiger partial charge in [0.2, 0.25) is 11.8 Å². The highest BCUT2D eigenvalue weighted by molar-refractivity contribution is 5.86. The fourth-order valence-electron chi connectivity index (χ4n) is 6.01. The van der Waals surface area contributed by atoms with Crippen molar-refractivity contribution >= 4 is 17.9 Å². The minimum absolute atomic E-state index is 0.0158. The van der Waals surface area contributed by atoms with Crippen molar-refractivity contribution in [3.63, 3.8) is 0 Å². The Morgan fingerprint density at radius 1 is 1.18 bits per heavy atom. The van der Waals surface area contributed by atoms with E-state index in [4.69, 9.17) is 4.74 Å². The number of hydrogen-bond donors (Lipinski definition) is 0. The number of amides is 3. The van der Waals surface area contributed by atoms with Gasteiger partial charge in [-0.1, -0.05) is 6.92 Å². The van der Waals surface area contributed by atoms with E-state index in [0.717, 1.165) is 32.1 Å². The third-order valence-electron chi connectivity index (χ3n) is 7.08. The maximum Gasteiger partial charge on any atom is 0.410 e. The summed E-state index contributed by atoms with van der Waals surface area (Å²) in [5.41, 5.74) is -0.628. The topological polar surface area (TPSA) is 70.2 Å². The largest absolute Gasteiger partial charge is 0.444 e. The number of nitrogens with zero attached hydrogens (tertiary/aromatic N) is 3. The molecule has 28 heavy (non-hydrogen) atoms. The van der Waals surface area contributed by atoms with E-state index in [1.54, 1.807) is 4.90 Å². The lowest BCUT2D eigenvalue weighted by molar-refractivity contribution is -0.141. The van der Waals surface area contributed by atoms with Gasteiger partial charge in [-0.25, -0.2) is 4.79 Å². The maximum absolute atomic E-state index is 13.2. The van der Waals surface area contributed by atoms with E-state index in [9.17, 15) is 14.4 Å². The van der Waals surface area contributed by atoms with Gasteiger partial charge >= 0.3 is 6.09 Å². The zero-order chi connectivity index (χ0) is 20.3. The number of hydrogen-bond acceptors (Lipinski definition) is 4. The van der Waals surface area contributed by atoms with Gasteiger partial charge in [-0.15, -0.1) is 0 Å². The van der Waals surface area contributed by atoms with Crippen molar-refractivity contribution in [2.24, 2.45) is 5.41 Å². The molecule has 4 rings (SSSR count). The second-order valence-corrected chi connectivity index (χ2v) is 10.2. The predicted molar refractivity (Wildman–Crippen MR) is 104 cm³/mol. The Kier molecular flexibility index (Phi) is 4.62. The predicted octanol–water partition coefficient (Wildman–Crippen LogP) is 2.39. The Hall–Kier alpha value is -1.79. The molecule has 2 bridgehead atoms. The van der Waals surface area contributed by atoms with Gasteiger partial charge < -0.3 is 19.4 Å². The van der Waals surface area contributed by atoms with Gasteiger partial charge in [-0.3, -0.25) is 9.59 Å². The minimum atomic E-state index is -0.534. The van der Waals surface area contributed by atoms with E-state index < -0.39 is 5.60 Å². The van der Waals surface area contributed by atoms with Crippen molar-refractivity contribution in [3.8, 4) is 0 Å².